The van der Waals surface area contributed by atoms with Gasteiger partial charge in [0.1, 0.15) is 6.29 Å². The smallest absolute Gasteiger partial charge is 0.123 e. The summed E-state index contributed by atoms with van der Waals surface area (Å²) in [5.41, 5.74) is 7.55. The number of hydrogen-bond acceptors (Lipinski definition) is 5. The zero-order valence-electron chi connectivity index (χ0n) is 22.5. The summed E-state index contributed by atoms with van der Waals surface area (Å²) < 4.78 is 0. The molecule has 6 heteroatoms. The molecule has 0 aliphatic carbocycles. The van der Waals surface area contributed by atoms with Gasteiger partial charge in [-0.15, -0.1) is 6.58 Å². The normalized spacial score (nSPS) is 12.4. The fraction of sp³-hybridized carbons (Fsp3) is 0.400. The van der Waals surface area contributed by atoms with Crippen LogP contribution in [0.2, 0.25) is 5.02 Å². The van der Waals surface area contributed by atoms with Crippen molar-refractivity contribution in [3.8, 4) is 0 Å². The van der Waals surface area contributed by atoms with Gasteiger partial charge >= 0.3 is 0 Å². The highest BCUT2D eigenvalue weighted by molar-refractivity contribution is 8.03. The number of fused-ring (bicyclic) bond motifs is 1. The zero-order chi connectivity index (χ0) is 26.8. The highest BCUT2D eigenvalue weighted by Gasteiger charge is 2.17. The number of aliphatic imine (C=N–C) groups is 1. The number of carbonyl (C=O) groups is 1. The Labute approximate surface area is 227 Å². The predicted molar refractivity (Wildman–Crippen MR) is 159 cm³/mol. The van der Waals surface area contributed by atoms with Crippen LogP contribution in [0.15, 0.2) is 81.7 Å². The third kappa shape index (κ3) is 11.7. The van der Waals surface area contributed by atoms with E-state index in [1.54, 1.807) is 17.8 Å². The van der Waals surface area contributed by atoms with Gasteiger partial charge < -0.3 is 4.79 Å². The second-order valence-corrected chi connectivity index (χ2v) is 10.0. The Kier molecular flexibility index (Phi) is 16.8. The second kappa shape index (κ2) is 19.0. The van der Waals surface area contributed by atoms with E-state index in [4.69, 9.17) is 16.6 Å². The molecule has 0 amide bonds. The second-order valence-electron chi connectivity index (χ2n) is 8.32. The van der Waals surface area contributed by atoms with Crippen LogP contribution >= 0.6 is 23.4 Å². The molecule has 0 aromatic heterocycles. The lowest BCUT2D eigenvalue weighted by Crippen LogP contribution is -2.31. The molecule has 0 saturated heterocycles. The number of thioether (sulfide) groups is 1. The number of nitrogens with zero attached hydrogens (tertiary/aromatic N) is 2. The number of aldehydes is 1. The Balaban J connectivity index is 0.000000362. The molecule has 0 spiro atoms. The van der Waals surface area contributed by atoms with E-state index in [1.165, 1.54) is 41.0 Å². The van der Waals surface area contributed by atoms with Crippen molar-refractivity contribution in [1.29, 1.82) is 0 Å². The standard InChI is InChI=1S/C18H16ClNS.C8H20N2.C4H6O/c1-3-16-12(2)21-17-7-5-4-6-15(17)18(20-16)13-8-10-14(19)11-9-13;1-4-5-6-7-8-10(3)9-2;1-2-3-4-5/h4-11H,3H2,1-2H3;9H,4-8H2,1-3H3;2,4H,1,3H2. The number of hydrazine groups is 1. The quantitative estimate of drug-likeness (QED) is 0.146. The number of carbonyl (C=O) groups excluding carboxylic acids is 1. The SMILES string of the molecule is C=CCC=O.CCC1=C(C)Sc2ccccc2C(c2ccc(Cl)cc2)=N1.CCCCCCN(C)NC. The van der Waals surface area contributed by atoms with Crippen LogP contribution < -0.4 is 5.43 Å². The van der Waals surface area contributed by atoms with E-state index in [0.29, 0.717) is 6.42 Å². The molecule has 3 rings (SSSR count). The first-order chi connectivity index (χ1) is 17.4. The first-order valence-electron chi connectivity index (χ1n) is 12.7. The minimum atomic E-state index is 0.472. The Morgan fingerprint density at radius 3 is 2.33 bits per heavy atom. The first-order valence-corrected chi connectivity index (χ1v) is 13.9. The van der Waals surface area contributed by atoms with Crippen molar-refractivity contribution in [3.05, 3.63) is 87.9 Å². The van der Waals surface area contributed by atoms with Gasteiger partial charge in [0.05, 0.1) is 11.4 Å². The summed E-state index contributed by atoms with van der Waals surface area (Å²) in [7, 11) is 4.03. The highest BCUT2D eigenvalue weighted by Crippen LogP contribution is 2.37. The van der Waals surface area contributed by atoms with Crippen molar-refractivity contribution in [3.63, 3.8) is 0 Å². The van der Waals surface area contributed by atoms with Gasteiger partial charge in [0, 0.05) is 46.0 Å². The van der Waals surface area contributed by atoms with Crippen molar-refractivity contribution in [2.75, 3.05) is 20.6 Å². The Hall–Kier alpha value is -2.18. The molecule has 2 aromatic rings. The zero-order valence-corrected chi connectivity index (χ0v) is 24.1. The van der Waals surface area contributed by atoms with Crippen LogP contribution in [0.1, 0.15) is 70.4 Å². The number of hydrogen-bond donors (Lipinski definition) is 1. The van der Waals surface area contributed by atoms with Crippen LogP contribution in [0.3, 0.4) is 0 Å². The average molecular weight is 528 g/mol. The van der Waals surface area contributed by atoms with Crippen LogP contribution in [0.25, 0.3) is 0 Å². The molecule has 1 N–H and O–H groups in total. The number of allylic oxidation sites excluding steroid dienone is 3. The molecule has 0 saturated carbocycles. The lowest BCUT2D eigenvalue weighted by Gasteiger charge is -2.13. The molecule has 0 bridgehead atoms. The third-order valence-corrected chi connectivity index (χ3v) is 6.87. The molecule has 0 atom stereocenters. The summed E-state index contributed by atoms with van der Waals surface area (Å²) >= 11 is 7.81. The third-order valence-electron chi connectivity index (χ3n) is 5.50. The fourth-order valence-corrected chi connectivity index (χ4v) is 4.55. The molecular formula is C30H42ClN3OS. The van der Waals surface area contributed by atoms with E-state index >= 15 is 0 Å². The number of unbranched alkanes of at least 4 members (excludes halogenated alkanes) is 3. The molecule has 0 unspecified atom stereocenters. The molecule has 2 aromatic carbocycles. The van der Waals surface area contributed by atoms with Crippen molar-refractivity contribution in [2.24, 2.45) is 4.99 Å². The maximum absolute atomic E-state index is 9.33. The van der Waals surface area contributed by atoms with Gasteiger partial charge in [-0.2, -0.15) is 0 Å². The van der Waals surface area contributed by atoms with Gasteiger partial charge in [0.25, 0.3) is 0 Å². The Morgan fingerprint density at radius 2 is 1.78 bits per heavy atom. The highest BCUT2D eigenvalue weighted by atomic mass is 35.5. The summed E-state index contributed by atoms with van der Waals surface area (Å²) in [6, 6.07) is 16.4. The topological polar surface area (TPSA) is 44.7 Å². The van der Waals surface area contributed by atoms with E-state index in [0.717, 1.165) is 41.2 Å². The fourth-order valence-electron chi connectivity index (χ4n) is 3.36. The van der Waals surface area contributed by atoms with Crippen molar-refractivity contribution >= 4 is 35.4 Å². The largest absolute Gasteiger partial charge is 0.303 e. The van der Waals surface area contributed by atoms with Gasteiger partial charge in [-0.25, -0.2) is 5.01 Å². The number of benzene rings is 2. The molecule has 1 aliphatic rings. The summed E-state index contributed by atoms with van der Waals surface area (Å²) in [5.74, 6) is 0. The molecule has 36 heavy (non-hydrogen) atoms. The summed E-state index contributed by atoms with van der Waals surface area (Å²) in [5, 5.41) is 2.87. The van der Waals surface area contributed by atoms with E-state index < -0.39 is 0 Å². The molecule has 4 nitrogen and oxygen atoms in total. The lowest BCUT2D eigenvalue weighted by molar-refractivity contribution is -0.107. The maximum atomic E-state index is 9.33. The average Bonchev–Trinajstić information content (AvgIpc) is 3.04. The lowest BCUT2D eigenvalue weighted by atomic mass is 10.0. The summed E-state index contributed by atoms with van der Waals surface area (Å²) in [6.07, 6.45) is 9.15. The van der Waals surface area contributed by atoms with Crippen LogP contribution in [-0.4, -0.2) is 37.6 Å². The molecule has 0 radical (unpaired) electrons. The number of rotatable bonds is 10. The number of nitrogens with one attached hydrogen (secondary N) is 1. The van der Waals surface area contributed by atoms with Crippen LogP contribution in [0, 0.1) is 0 Å². The number of halogens is 1. The Bertz CT molecular complexity index is 980. The summed E-state index contributed by atoms with van der Waals surface area (Å²) in [6.45, 7) is 11.0. The van der Waals surface area contributed by atoms with Gasteiger partial charge in [0.2, 0.25) is 0 Å². The predicted octanol–water partition coefficient (Wildman–Crippen LogP) is 8.32. The van der Waals surface area contributed by atoms with Crippen molar-refractivity contribution in [2.45, 2.75) is 64.2 Å². The molecule has 0 fully saturated rings. The van der Waals surface area contributed by atoms with Crippen LogP contribution in [0.4, 0.5) is 0 Å². The van der Waals surface area contributed by atoms with E-state index in [9.17, 15) is 4.79 Å². The van der Waals surface area contributed by atoms with E-state index in [2.05, 4.69) is 69.1 Å². The molecule has 196 valence electrons. The van der Waals surface area contributed by atoms with Gasteiger partial charge in [-0.3, -0.25) is 10.4 Å². The maximum Gasteiger partial charge on any atom is 0.123 e. The monoisotopic (exact) mass is 527 g/mol. The molecule has 1 aliphatic heterocycles. The van der Waals surface area contributed by atoms with Crippen molar-refractivity contribution in [1.82, 2.24) is 10.4 Å². The minimum Gasteiger partial charge on any atom is -0.303 e. The minimum absolute atomic E-state index is 0.472. The first kappa shape index (κ1) is 31.8. The molecule has 1 heterocycles. The molecular weight excluding hydrogens is 486 g/mol. The summed E-state index contributed by atoms with van der Waals surface area (Å²) in [4.78, 5) is 16.8. The van der Waals surface area contributed by atoms with E-state index in [-0.39, 0.29) is 0 Å². The van der Waals surface area contributed by atoms with Gasteiger partial charge in [-0.1, -0.05) is 92.9 Å². The van der Waals surface area contributed by atoms with Gasteiger partial charge in [-0.05, 0) is 45.0 Å². The van der Waals surface area contributed by atoms with Crippen molar-refractivity contribution < 1.29 is 4.79 Å². The van der Waals surface area contributed by atoms with E-state index in [1.807, 2.05) is 31.3 Å². The van der Waals surface area contributed by atoms with Gasteiger partial charge in [0.15, 0.2) is 0 Å². The van der Waals surface area contributed by atoms with Crippen LogP contribution in [-0.2, 0) is 4.79 Å². The Morgan fingerprint density at radius 1 is 1.08 bits per heavy atom. The van der Waals surface area contributed by atoms with Crippen LogP contribution in [0.5, 0.6) is 0 Å².